The van der Waals surface area contributed by atoms with Gasteiger partial charge in [0.1, 0.15) is 13.2 Å². The topological polar surface area (TPSA) is 43.4 Å². The van der Waals surface area contributed by atoms with Crippen molar-refractivity contribution in [1.82, 2.24) is 4.98 Å². The Balaban J connectivity index is 1.86. The van der Waals surface area contributed by atoms with Crippen LogP contribution in [0, 0.1) is 12.8 Å². The fourth-order valence-electron chi connectivity index (χ4n) is 2.44. The van der Waals surface area contributed by atoms with E-state index < -0.39 is 0 Å². The van der Waals surface area contributed by atoms with Crippen LogP contribution in [0.25, 0.3) is 0 Å². The number of nitrogens with zero attached hydrogens (tertiary/aromatic N) is 1. The first-order valence-electron chi connectivity index (χ1n) is 7.22. The number of hydrogen-bond donors (Lipinski definition) is 1. The van der Waals surface area contributed by atoms with E-state index in [4.69, 9.17) is 9.47 Å². The van der Waals surface area contributed by atoms with Crippen LogP contribution < -0.4 is 14.8 Å². The van der Waals surface area contributed by atoms with Crippen LogP contribution in [0.1, 0.15) is 30.3 Å². The van der Waals surface area contributed by atoms with Crippen molar-refractivity contribution in [2.45, 2.75) is 26.8 Å². The smallest absolute Gasteiger partial charge is 0.183 e. The highest BCUT2D eigenvalue weighted by molar-refractivity contribution is 7.15. The van der Waals surface area contributed by atoms with Crippen molar-refractivity contribution in [3.8, 4) is 11.5 Å². The minimum absolute atomic E-state index is 0.200. The van der Waals surface area contributed by atoms with Gasteiger partial charge in [-0.05, 0) is 30.5 Å². The zero-order chi connectivity index (χ0) is 14.8. The lowest BCUT2D eigenvalue weighted by Gasteiger charge is -2.25. The van der Waals surface area contributed by atoms with Gasteiger partial charge in [-0.15, -0.1) is 11.3 Å². The van der Waals surface area contributed by atoms with Gasteiger partial charge < -0.3 is 14.8 Å². The SMILES string of the molecule is Cc1cnc(NC(c2ccc3c(c2)OCCO3)C(C)C)s1. The molecule has 1 aromatic carbocycles. The Bertz CT molecular complexity index is 624. The molecule has 1 unspecified atom stereocenters. The molecule has 5 heteroatoms. The molecule has 0 radical (unpaired) electrons. The summed E-state index contributed by atoms with van der Waals surface area (Å²) < 4.78 is 11.3. The average Bonchev–Trinajstić information content (AvgIpc) is 2.89. The van der Waals surface area contributed by atoms with Gasteiger partial charge in [0, 0.05) is 11.1 Å². The van der Waals surface area contributed by atoms with Crippen LogP contribution in [0.15, 0.2) is 24.4 Å². The summed E-state index contributed by atoms with van der Waals surface area (Å²) in [6.07, 6.45) is 1.90. The second kappa shape index (κ2) is 5.93. The number of fused-ring (bicyclic) bond motifs is 1. The zero-order valence-electron chi connectivity index (χ0n) is 12.6. The quantitative estimate of drug-likeness (QED) is 0.926. The number of nitrogens with one attached hydrogen (secondary N) is 1. The third kappa shape index (κ3) is 3.13. The van der Waals surface area contributed by atoms with Gasteiger partial charge in [0.15, 0.2) is 16.6 Å². The highest BCUT2D eigenvalue weighted by atomic mass is 32.1. The Morgan fingerprint density at radius 3 is 2.62 bits per heavy atom. The molecule has 112 valence electrons. The maximum atomic E-state index is 5.68. The summed E-state index contributed by atoms with van der Waals surface area (Å²) in [5.74, 6) is 2.11. The molecule has 21 heavy (non-hydrogen) atoms. The lowest BCUT2D eigenvalue weighted by Crippen LogP contribution is -2.19. The molecular weight excluding hydrogens is 284 g/mol. The molecule has 1 aliphatic rings. The zero-order valence-corrected chi connectivity index (χ0v) is 13.4. The molecule has 1 aliphatic heterocycles. The largest absolute Gasteiger partial charge is 0.486 e. The van der Waals surface area contributed by atoms with E-state index in [1.807, 2.05) is 12.3 Å². The van der Waals surface area contributed by atoms with E-state index in [1.54, 1.807) is 11.3 Å². The van der Waals surface area contributed by atoms with Crippen molar-refractivity contribution in [1.29, 1.82) is 0 Å². The Morgan fingerprint density at radius 2 is 1.95 bits per heavy atom. The first kappa shape index (κ1) is 14.2. The molecule has 0 saturated carbocycles. The lowest BCUT2D eigenvalue weighted by molar-refractivity contribution is 0.171. The Hall–Kier alpha value is -1.75. The normalized spacial score (nSPS) is 15.0. The molecule has 0 fully saturated rings. The van der Waals surface area contributed by atoms with Crippen LogP contribution in [-0.2, 0) is 0 Å². The first-order chi connectivity index (χ1) is 10.1. The summed E-state index contributed by atoms with van der Waals surface area (Å²) in [5, 5.41) is 4.49. The molecule has 3 rings (SSSR count). The molecule has 1 aromatic heterocycles. The molecule has 0 aliphatic carbocycles. The molecule has 0 bridgehead atoms. The molecule has 2 heterocycles. The molecule has 2 aromatic rings. The number of aryl methyl sites for hydroxylation is 1. The maximum absolute atomic E-state index is 5.68. The van der Waals surface area contributed by atoms with E-state index in [1.165, 1.54) is 10.4 Å². The van der Waals surface area contributed by atoms with Gasteiger partial charge in [0.2, 0.25) is 0 Å². The van der Waals surface area contributed by atoms with E-state index in [0.717, 1.165) is 16.6 Å². The van der Waals surface area contributed by atoms with Gasteiger partial charge >= 0.3 is 0 Å². The summed E-state index contributed by atoms with van der Waals surface area (Å²) in [4.78, 5) is 5.61. The molecule has 4 nitrogen and oxygen atoms in total. The van der Waals surface area contributed by atoms with Crippen molar-refractivity contribution in [2.24, 2.45) is 5.92 Å². The average molecular weight is 304 g/mol. The third-order valence-corrected chi connectivity index (χ3v) is 4.34. The molecule has 0 spiro atoms. The van der Waals surface area contributed by atoms with Gasteiger partial charge in [0.25, 0.3) is 0 Å². The second-order valence-corrected chi connectivity index (χ2v) is 6.78. The van der Waals surface area contributed by atoms with E-state index in [2.05, 4.69) is 43.2 Å². The van der Waals surface area contributed by atoms with Crippen molar-refractivity contribution >= 4 is 16.5 Å². The Labute approximate surface area is 129 Å². The number of thiazole rings is 1. The minimum Gasteiger partial charge on any atom is -0.486 e. The van der Waals surface area contributed by atoms with Crippen LogP contribution in [0.2, 0.25) is 0 Å². The standard InChI is InChI=1S/C16H20N2O2S/c1-10(2)15(18-16-17-9-11(3)21-16)12-4-5-13-14(8-12)20-7-6-19-13/h4-5,8-10,15H,6-7H2,1-3H3,(H,17,18). The summed E-state index contributed by atoms with van der Waals surface area (Å²) in [6.45, 7) is 7.71. The minimum atomic E-state index is 0.200. The van der Waals surface area contributed by atoms with E-state index in [0.29, 0.717) is 19.1 Å². The molecule has 0 amide bonds. The van der Waals surface area contributed by atoms with Crippen LogP contribution in [-0.4, -0.2) is 18.2 Å². The molecular formula is C16H20N2O2S. The van der Waals surface area contributed by atoms with E-state index >= 15 is 0 Å². The van der Waals surface area contributed by atoms with Gasteiger partial charge in [-0.2, -0.15) is 0 Å². The summed E-state index contributed by atoms with van der Waals surface area (Å²) in [5.41, 5.74) is 1.20. The fraction of sp³-hybridized carbons (Fsp3) is 0.438. The van der Waals surface area contributed by atoms with Crippen LogP contribution in [0.4, 0.5) is 5.13 Å². The molecule has 0 saturated heterocycles. The number of rotatable bonds is 4. The molecule has 1 N–H and O–H groups in total. The van der Waals surface area contributed by atoms with Gasteiger partial charge in [-0.25, -0.2) is 4.98 Å². The van der Waals surface area contributed by atoms with Crippen molar-refractivity contribution in [2.75, 3.05) is 18.5 Å². The van der Waals surface area contributed by atoms with Crippen LogP contribution in [0.5, 0.6) is 11.5 Å². The number of anilines is 1. The summed E-state index contributed by atoms with van der Waals surface area (Å²) >= 11 is 1.68. The number of benzene rings is 1. The highest BCUT2D eigenvalue weighted by Gasteiger charge is 2.20. The van der Waals surface area contributed by atoms with Crippen LogP contribution in [0.3, 0.4) is 0 Å². The van der Waals surface area contributed by atoms with Crippen molar-refractivity contribution < 1.29 is 9.47 Å². The summed E-state index contributed by atoms with van der Waals surface area (Å²) in [6, 6.07) is 6.37. The Morgan fingerprint density at radius 1 is 1.19 bits per heavy atom. The summed E-state index contributed by atoms with van der Waals surface area (Å²) in [7, 11) is 0. The maximum Gasteiger partial charge on any atom is 0.183 e. The monoisotopic (exact) mass is 304 g/mol. The van der Waals surface area contributed by atoms with Crippen LogP contribution >= 0.6 is 11.3 Å². The predicted octanol–water partition coefficient (Wildman–Crippen LogP) is 4.03. The molecule has 1 atom stereocenters. The predicted molar refractivity (Wildman–Crippen MR) is 85.5 cm³/mol. The van der Waals surface area contributed by atoms with E-state index in [-0.39, 0.29) is 6.04 Å². The number of hydrogen-bond acceptors (Lipinski definition) is 5. The van der Waals surface area contributed by atoms with Crippen molar-refractivity contribution in [3.05, 3.63) is 34.8 Å². The van der Waals surface area contributed by atoms with Gasteiger partial charge in [-0.3, -0.25) is 0 Å². The van der Waals surface area contributed by atoms with Crippen molar-refractivity contribution in [3.63, 3.8) is 0 Å². The van der Waals surface area contributed by atoms with E-state index in [9.17, 15) is 0 Å². The Kier molecular flexibility index (Phi) is 4.01. The lowest BCUT2D eigenvalue weighted by atomic mass is 9.96. The van der Waals surface area contributed by atoms with Gasteiger partial charge in [0.05, 0.1) is 6.04 Å². The third-order valence-electron chi connectivity index (χ3n) is 3.49. The second-order valence-electron chi connectivity index (χ2n) is 5.55. The number of ether oxygens (including phenoxy) is 2. The highest BCUT2D eigenvalue weighted by Crippen LogP contribution is 2.36. The number of aromatic nitrogens is 1. The first-order valence-corrected chi connectivity index (χ1v) is 8.03. The fourth-order valence-corrected chi connectivity index (χ4v) is 3.14. The van der Waals surface area contributed by atoms with Gasteiger partial charge in [-0.1, -0.05) is 19.9 Å².